The lowest BCUT2D eigenvalue weighted by atomic mass is 10.1. The van der Waals surface area contributed by atoms with E-state index in [0.29, 0.717) is 0 Å². The maximum atomic E-state index is 5.67. The number of methoxy groups -OCH3 is 1. The van der Waals surface area contributed by atoms with Crippen LogP contribution in [-0.4, -0.2) is 13.2 Å². The lowest BCUT2D eigenvalue weighted by Crippen LogP contribution is -2.05. The minimum absolute atomic E-state index is 0.187. The van der Waals surface area contributed by atoms with Gasteiger partial charge in [0.15, 0.2) is 0 Å². The summed E-state index contributed by atoms with van der Waals surface area (Å²) in [5.74, 6) is 1.76. The largest absolute Gasteiger partial charge is 0.496 e. The van der Waals surface area contributed by atoms with Gasteiger partial charge in [0, 0.05) is 5.39 Å². The smallest absolute Gasteiger partial charge is 0.126 e. The molecule has 84 valence electrons. The number of hydrogen-bond donors (Lipinski definition) is 0. The third-order valence-electron chi connectivity index (χ3n) is 2.41. The summed E-state index contributed by atoms with van der Waals surface area (Å²) in [5.41, 5.74) is 0. The molecule has 0 bridgehead atoms. The molecule has 0 saturated carbocycles. The molecule has 0 radical (unpaired) electrons. The molecule has 0 aliphatic carbocycles. The molecule has 2 rings (SSSR count). The van der Waals surface area contributed by atoms with Crippen LogP contribution in [0.1, 0.15) is 13.8 Å². The highest BCUT2D eigenvalue weighted by molar-refractivity contribution is 5.89. The van der Waals surface area contributed by atoms with Gasteiger partial charge >= 0.3 is 0 Å². The van der Waals surface area contributed by atoms with E-state index in [-0.39, 0.29) is 6.10 Å². The van der Waals surface area contributed by atoms with Crippen LogP contribution >= 0.6 is 0 Å². The first kappa shape index (κ1) is 10.8. The number of hydrogen-bond acceptors (Lipinski definition) is 2. The zero-order valence-corrected chi connectivity index (χ0v) is 9.86. The Kier molecular flexibility index (Phi) is 3.00. The zero-order valence-electron chi connectivity index (χ0n) is 9.86. The molecule has 0 atom stereocenters. The van der Waals surface area contributed by atoms with Crippen molar-refractivity contribution in [1.82, 2.24) is 0 Å². The molecule has 0 aromatic heterocycles. The molecule has 0 spiro atoms. The molecule has 0 saturated heterocycles. The van der Waals surface area contributed by atoms with Crippen LogP contribution in [-0.2, 0) is 0 Å². The fourth-order valence-electron chi connectivity index (χ4n) is 1.75. The van der Waals surface area contributed by atoms with E-state index in [9.17, 15) is 0 Å². The van der Waals surface area contributed by atoms with E-state index in [4.69, 9.17) is 9.47 Å². The van der Waals surface area contributed by atoms with Crippen LogP contribution < -0.4 is 9.47 Å². The molecule has 0 unspecified atom stereocenters. The van der Waals surface area contributed by atoms with Crippen LogP contribution in [0.3, 0.4) is 0 Å². The number of benzene rings is 2. The molecule has 0 aliphatic rings. The normalized spacial score (nSPS) is 10.8. The first-order valence-corrected chi connectivity index (χ1v) is 5.44. The molecular formula is C14H16O2. The van der Waals surface area contributed by atoms with Gasteiger partial charge in [0.2, 0.25) is 0 Å². The van der Waals surface area contributed by atoms with E-state index in [1.54, 1.807) is 7.11 Å². The van der Waals surface area contributed by atoms with Gasteiger partial charge in [-0.3, -0.25) is 0 Å². The molecule has 2 heteroatoms. The molecule has 2 aromatic carbocycles. The van der Waals surface area contributed by atoms with Gasteiger partial charge in [0.25, 0.3) is 0 Å². The lowest BCUT2D eigenvalue weighted by Gasteiger charge is -2.11. The summed E-state index contributed by atoms with van der Waals surface area (Å²) in [7, 11) is 1.69. The van der Waals surface area contributed by atoms with E-state index in [1.165, 1.54) is 0 Å². The Hall–Kier alpha value is -1.70. The van der Waals surface area contributed by atoms with Crippen LogP contribution in [0.25, 0.3) is 10.8 Å². The average Bonchev–Trinajstić information content (AvgIpc) is 2.27. The zero-order chi connectivity index (χ0) is 11.5. The fraction of sp³-hybridized carbons (Fsp3) is 0.286. The molecule has 0 fully saturated rings. The van der Waals surface area contributed by atoms with Gasteiger partial charge in [0.1, 0.15) is 11.5 Å². The Morgan fingerprint density at radius 1 is 1.06 bits per heavy atom. The van der Waals surface area contributed by atoms with Gasteiger partial charge in [-0.15, -0.1) is 0 Å². The highest BCUT2D eigenvalue weighted by Crippen LogP contribution is 2.29. The topological polar surface area (TPSA) is 18.5 Å². The van der Waals surface area contributed by atoms with Gasteiger partial charge in [-0.1, -0.05) is 18.2 Å². The average molecular weight is 216 g/mol. The van der Waals surface area contributed by atoms with Crippen LogP contribution in [0.2, 0.25) is 0 Å². The molecule has 0 N–H and O–H groups in total. The van der Waals surface area contributed by atoms with Crippen molar-refractivity contribution < 1.29 is 9.47 Å². The van der Waals surface area contributed by atoms with E-state index < -0.39 is 0 Å². The van der Waals surface area contributed by atoms with Gasteiger partial charge < -0.3 is 9.47 Å². The van der Waals surface area contributed by atoms with E-state index in [0.717, 1.165) is 22.3 Å². The van der Waals surface area contributed by atoms with Crippen molar-refractivity contribution in [3.63, 3.8) is 0 Å². The Bertz CT molecular complexity index is 489. The summed E-state index contributed by atoms with van der Waals surface area (Å²) >= 11 is 0. The van der Waals surface area contributed by atoms with Crippen molar-refractivity contribution in [2.75, 3.05) is 7.11 Å². The second kappa shape index (κ2) is 4.44. The summed E-state index contributed by atoms with van der Waals surface area (Å²) < 4.78 is 11.0. The van der Waals surface area contributed by atoms with Gasteiger partial charge in [-0.25, -0.2) is 0 Å². The molecular weight excluding hydrogens is 200 g/mol. The summed E-state index contributed by atoms with van der Waals surface area (Å²) in [6, 6.07) is 12.1. The van der Waals surface area contributed by atoms with Gasteiger partial charge in [-0.2, -0.15) is 0 Å². The van der Waals surface area contributed by atoms with Gasteiger partial charge in [0.05, 0.1) is 13.2 Å². The third kappa shape index (κ3) is 2.11. The third-order valence-corrected chi connectivity index (χ3v) is 2.41. The van der Waals surface area contributed by atoms with Crippen molar-refractivity contribution in [2.45, 2.75) is 20.0 Å². The minimum atomic E-state index is 0.187. The Labute approximate surface area is 95.8 Å². The Balaban J connectivity index is 2.50. The van der Waals surface area contributed by atoms with Gasteiger partial charge in [-0.05, 0) is 37.4 Å². The maximum absolute atomic E-state index is 5.67. The summed E-state index contributed by atoms with van der Waals surface area (Å²) in [6.07, 6.45) is 0.187. The highest BCUT2D eigenvalue weighted by Gasteiger charge is 2.03. The van der Waals surface area contributed by atoms with E-state index in [2.05, 4.69) is 12.1 Å². The number of fused-ring (bicyclic) bond motifs is 1. The maximum Gasteiger partial charge on any atom is 0.126 e. The van der Waals surface area contributed by atoms with Crippen LogP contribution in [0.5, 0.6) is 11.5 Å². The second-order valence-corrected chi connectivity index (χ2v) is 4.01. The van der Waals surface area contributed by atoms with E-state index >= 15 is 0 Å². The monoisotopic (exact) mass is 216 g/mol. The first-order valence-electron chi connectivity index (χ1n) is 5.44. The van der Waals surface area contributed by atoms with E-state index in [1.807, 2.05) is 38.1 Å². The number of ether oxygens (including phenoxy) is 2. The molecule has 16 heavy (non-hydrogen) atoms. The predicted octanol–water partition coefficient (Wildman–Crippen LogP) is 3.64. The van der Waals surface area contributed by atoms with Crippen molar-refractivity contribution in [3.8, 4) is 11.5 Å². The lowest BCUT2D eigenvalue weighted by molar-refractivity contribution is 0.242. The summed E-state index contributed by atoms with van der Waals surface area (Å²) in [4.78, 5) is 0. The summed E-state index contributed by atoms with van der Waals surface area (Å²) in [6.45, 7) is 4.04. The SMILES string of the molecule is COc1cccc2ccc(OC(C)C)cc12. The molecule has 0 aliphatic heterocycles. The standard InChI is InChI=1S/C14H16O2/c1-10(2)16-12-8-7-11-5-4-6-14(15-3)13(11)9-12/h4-10H,1-3H3. The molecule has 2 aromatic rings. The van der Waals surface area contributed by atoms with Crippen molar-refractivity contribution in [2.24, 2.45) is 0 Å². The Morgan fingerprint density at radius 3 is 2.56 bits per heavy atom. The van der Waals surface area contributed by atoms with Crippen LogP contribution in [0.15, 0.2) is 36.4 Å². The van der Waals surface area contributed by atoms with Crippen LogP contribution in [0, 0.1) is 0 Å². The second-order valence-electron chi connectivity index (χ2n) is 4.01. The van der Waals surface area contributed by atoms with Crippen molar-refractivity contribution >= 4 is 10.8 Å². The minimum Gasteiger partial charge on any atom is -0.496 e. The summed E-state index contributed by atoms with van der Waals surface area (Å²) in [5, 5.41) is 2.25. The van der Waals surface area contributed by atoms with Crippen molar-refractivity contribution in [3.05, 3.63) is 36.4 Å². The first-order chi connectivity index (χ1) is 7.70. The fourth-order valence-corrected chi connectivity index (χ4v) is 1.75. The van der Waals surface area contributed by atoms with Crippen LogP contribution in [0.4, 0.5) is 0 Å². The molecule has 2 nitrogen and oxygen atoms in total. The predicted molar refractivity (Wildman–Crippen MR) is 66.3 cm³/mol. The van der Waals surface area contributed by atoms with Crippen molar-refractivity contribution in [1.29, 1.82) is 0 Å². The quantitative estimate of drug-likeness (QED) is 0.780. The molecule has 0 amide bonds. The highest BCUT2D eigenvalue weighted by atomic mass is 16.5. The number of rotatable bonds is 3. The molecule has 0 heterocycles. The Morgan fingerprint density at radius 2 is 1.88 bits per heavy atom.